The highest BCUT2D eigenvalue weighted by atomic mass is 16.3. The van der Waals surface area contributed by atoms with Crippen molar-refractivity contribution in [2.75, 3.05) is 6.54 Å². The van der Waals surface area contributed by atoms with Crippen LogP contribution in [-0.2, 0) is 0 Å². The van der Waals surface area contributed by atoms with Crippen molar-refractivity contribution < 1.29 is 10.2 Å². The van der Waals surface area contributed by atoms with Crippen molar-refractivity contribution in [2.45, 2.75) is 6.10 Å². The average Bonchev–Trinajstić information content (AvgIpc) is 2.04. The largest absolute Gasteiger partial charge is 0.508 e. The molecule has 0 spiro atoms. The van der Waals surface area contributed by atoms with E-state index in [0.717, 1.165) is 0 Å². The van der Waals surface area contributed by atoms with Gasteiger partial charge in [0.1, 0.15) is 5.75 Å². The van der Waals surface area contributed by atoms with Crippen LogP contribution in [0.1, 0.15) is 11.7 Å². The van der Waals surface area contributed by atoms with Crippen molar-refractivity contribution >= 4 is 0 Å². The quantitative estimate of drug-likeness (QED) is 0.575. The van der Waals surface area contributed by atoms with Crippen LogP contribution in [0, 0.1) is 0 Å². The van der Waals surface area contributed by atoms with Crippen LogP contribution in [0.25, 0.3) is 0 Å². The Hall–Kier alpha value is -1.06. The molecule has 1 aromatic carbocycles. The summed E-state index contributed by atoms with van der Waals surface area (Å²) in [6.07, 6.45) is -0.767. The van der Waals surface area contributed by atoms with E-state index in [0.29, 0.717) is 5.56 Å². The van der Waals surface area contributed by atoms with Gasteiger partial charge in [0.25, 0.3) is 0 Å². The minimum absolute atomic E-state index is 0.0884. The summed E-state index contributed by atoms with van der Waals surface area (Å²) in [7, 11) is 0. The van der Waals surface area contributed by atoms with E-state index in [9.17, 15) is 10.2 Å². The van der Waals surface area contributed by atoms with E-state index in [4.69, 9.17) is 5.73 Å². The maximum absolute atomic E-state index is 9.23. The van der Waals surface area contributed by atoms with Crippen LogP contribution in [0.5, 0.6) is 5.75 Å². The van der Waals surface area contributed by atoms with Gasteiger partial charge in [0.15, 0.2) is 0 Å². The zero-order valence-electron chi connectivity index (χ0n) is 6.07. The van der Waals surface area contributed by atoms with Crippen molar-refractivity contribution in [1.29, 1.82) is 0 Å². The number of aromatic hydroxyl groups is 1. The number of para-hydroxylation sites is 1. The lowest BCUT2D eigenvalue weighted by molar-refractivity contribution is 0.182. The van der Waals surface area contributed by atoms with Crippen molar-refractivity contribution in [2.24, 2.45) is 5.73 Å². The molecule has 0 amide bonds. The van der Waals surface area contributed by atoms with Crippen LogP contribution in [0.2, 0.25) is 0 Å². The van der Waals surface area contributed by atoms with Crippen LogP contribution < -0.4 is 5.73 Å². The molecule has 0 heterocycles. The van der Waals surface area contributed by atoms with Crippen LogP contribution >= 0.6 is 0 Å². The second-order valence-corrected chi connectivity index (χ2v) is 2.31. The molecule has 0 aliphatic rings. The molecule has 0 fully saturated rings. The Balaban J connectivity index is 2.93. The van der Waals surface area contributed by atoms with Gasteiger partial charge >= 0.3 is 0 Å². The Morgan fingerprint density at radius 3 is 2.55 bits per heavy atom. The summed E-state index contributed by atoms with van der Waals surface area (Å²) in [5.41, 5.74) is 5.69. The Morgan fingerprint density at radius 1 is 1.36 bits per heavy atom. The van der Waals surface area contributed by atoms with Gasteiger partial charge in [-0.3, -0.25) is 0 Å². The fourth-order valence-electron chi connectivity index (χ4n) is 0.896. The molecule has 0 saturated heterocycles. The van der Waals surface area contributed by atoms with E-state index in [1.54, 1.807) is 18.2 Å². The Labute approximate surface area is 65.1 Å². The monoisotopic (exact) mass is 153 g/mol. The molecule has 1 aromatic rings. The third-order valence-corrected chi connectivity index (χ3v) is 1.52. The predicted octanol–water partition coefficient (Wildman–Crippen LogP) is 0.384. The van der Waals surface area contributed by atoms with E-state index in [2.05, 4.69) is 0 Å². The number of benzene rings is 1. The molecule has 0 aromatic heterocycles. The van der Waals surface area contributed by atoms with Gasteiger partial charge in [0.05, 0.1) is 6.10 Å². The van der Waals surface area contributed by atoms with Gasteiger partial charge in [-0.25, -0.2) is 0 Å². The first-order valence-electron chi connectivity index (χ1n) is 3.41. The van der Waals surface area contributed by atoms with E-state index in [-0.39, 0.29) is 12.3 Å². The molecule has 0 aliphatic heterocycles. The van der Waals surface area contributed by atoms with Gasteiger partial charge in [0, 0.05) is 12.1 Å². The number of hydrogen-bond donors (Lipinski definition) is 3. The first kappa shape index (κ1) is 8.04. The molecule has 1 rings (SSSR count). The maximum Gasteiger partial charge on any atom is 0.121 e. The van der Waals surface area contributed by atoms with Crippen molar-refractivity contribution in [3.63, 3.8) is 0 Å². The molecule has 11 heavy (non-hydrogen) atoms. The van der Waals surface area contributed by atoms with Crippen molar-refractivity contribution in [1.82, 2.24) is 0 Å². The standard InChI is InChI=1S/C8H11NO2/c9-5-8(11)6-3-1-2-4-7(6)10/h1-4,8,10-11H,5,9H2/t8-/m0/s1. The number of aliphatic hydroxyl groups excluding tert-OH is 1. The summed E-state index contributed by atoms with van der Waals surface area (Å²) < 4.78 is 0. The number of nitrogens with two attached hydrogens (primary N) is 1. The van der Waals surface area contributed by atoms with Crippen LogP contribution in [-0.4, -0.2) is 16.8 Å². The smallest absolute Gasteiger partial charge is 0.121 e. The molecule has 3 heteroatoms. The molecule has 0 saturated carbocycles. The van der Waals surface area contributed by atoms with Gasteiger partial charge < -0.3 is 15.9 Å². The van der Waals surface area contributed by atoms with Crippen LogP contribution in [0.3, 0.4) is 0 Å². The molecular weight excluding hydrogens is 142 g/mol. The highest BCUT2D eigenvalue weighted by Gasteiger charge is 2.07. The van der Waals surface area contributed by atoms with Gasteiger partial charge in [-0.05, 0) is 6.07 Å². The molecule has 1 atom stereocenters. The molecular formula is C8H11NO2. The number of hydrogen-bond acceptors (Lipinski definition) is 3. The summed E-state index contributed by atoms with van der Waals surface area (Å²) >= 11 is 0. The summed E-state index contributed by atoms with van der Waals surface area (Å²) in [5, 5.41) is 18.4. The second-order valence-electron chi connectivity index (χ2n) is 2.31. The molecule has 0 unspecified atom stereocenters. The third kappa shape index (κ3) is 1.69. The normalized spacial score (nSPS) is 12.9. The zero-order valence-corrected chi connectivity index (χ0v) is 6.07. The highest BCUT2D eigenvalue weighted by molar-refractivity contribution is 5.33. The molecule has 0 radical (unpaired) electrons. The highest BCUT2D eigenvalue weighted by Crippen LogP contribution is 2.21. The Kier molecular flexibility index (Phi) is 2.46. The maximum atomic E-state index is 9.23. The van der Waals surface area contributed by atoms with E-state index in [1.807, 2.05) is 0 Å². The predicted molar refractivity (Wildman–Crippen MR) is 42.1 cm³/mol. The van der Waals surface area contributed by atoms with Gasteiger partial charge in [-0.2, -0.15) is 0 Å². The number of rotatable bonds is 2. The van der Waals surface area contributed by atoms with Gasteiger partial charge in [0.2, 0.25) is 0 Å². The molecule has 3 nitrogen and oxygen atoms in total. The average molecular weight is 153 g/mol. The lowest BCUT2D eigenvalue weighted by atomic mass is 10.1. The molecule has 0 bridgehead atoms. The summed E-state index contributed by atoms with van der Waals surface area (Å²) in [6, 6.07) is 6.61. The summed E-state index contributed by atoms with van der Waals surface area (Å²) in [6.45, 7) is 0.123. The van der Waals surface area contributed by atoms with Crippen molar-refractivity contribution in [3.05, 3.63) is 29.8 Å². The third-order valence-electron chi connectivity index (χ3n) is 1.52. The Morgan fingerprint density at radius 2 is 2.00 bits per heavy atom. The number of aliphatic hydroxyl groups is 1. The van der Waals surface area contributed by atoms with Crippen LogP contribution in [0.4, 0.5) is 0 Å². The first-order valence-corrected chi connectivity index (χ1v) is 3.41. The number of phenolic OH excluding ortho intramolecular Hbond substituents is 1. The van der Waals surface area contributed by atoms with Gasteiger partial charge in [-0.1, -0.05) is 18.2 Å². The van der Waals surface area contributed by atoms with Crippen LogP contribution in [0.15, 0.2) is 24.3 Å². The zero-order chi connectivity index (χ0) is 8.27. The lowest BCUT2D eigenvalue weighted by Gasteiger charge is -2.08. The second kappa shape index (κ2) is 3.37. The SMILES string of the molecule is NC[C@H](O)c1ccccc1O. The fraction of sp³-hybridized carbons (Fsp3) is 0.250. The van der Waals surface area contributed by atoms with E-state index < -0.39 is 6.10 Å². The number of phenols is 1. The van der Waals surface area contributed by atoms with E-state index >= 15 is 0 Å². The van der Waals surface area contributed by atoms with E-state index in [1.165, 1.54) is 6.07 Å². The minimum Gasteiger partial charge on any atom is -0.508 e. The molecule has 0 aliphatic carbocycles. The molecule has 4 N–H and O–H groups in total. The Bertz CT molecular complexity index is 237. The summed E-state index contributed by atoms with van der Waals surface area (Å²) in [5.74, 6) is 0.0884. The summed E-state index contributed by atoms with van der Waals surface area (Å²) in [4.78, 5) is 0. The van der Waals surface area contributed by atoms with Crippen molar-refractivity contribution in [3.8, 4) is 5.75 Å². The van der Waals surface area contributed by atoms with Gasteiger partial charge in [-0.15, -0.1) is 0 Å². The first-order chi connectivity index (χ1) is 5.25. The fourth-order valence-corrected chi connectivity index (χ4v) is 0.896. The topological polar surface area (TPSA) is 66.5 Å². The minimum atomic E-state index is -0.767. The molecule has 60 valence electrons. The lowest BCUT2D eigenvalue weighted by Crippen LogP contribution is -2.11.